The average molecular weight is 399 g/mol. The number of hydrogen-bond acceptors (Lipinski definition) is 0. The van der Waals surface area contributed by atoms with Crippen LogP contribution in [0.5, 0.6) is 0 Å². The molecule has 0 atom stereocenters. The van der Waals surface area contributed by atoms with E-state index >= 15 is 0 Å². The van der Waals surface area contributed by atoms with Crippen LogP contribution in [0.2, 0.25) is 0 Å². The van der Waals surface area contributed by atoms with Crippen LogP contribution in [0.3, 0.4) is 0 Å². The number of fused-ring (bicyclic) bond motifs is 1. The molecule has 0 aliphatic carbocycles. The Morgan fingerprint density at radius 3 is 1.68 bits per heavy atom. The van der Waals surface area contributed by atoms with Crippen LogP contribution in [0, 0.1) is 20.8 Å². The van der Waals surface area contributed by atoms with Gasteiger partial charge in [0.05, 0.1) is 0 Å². The van der Waals surface area contributed by atoms with Crippen LogP contribution < -0.4 is 0 Å². The first-order valence-electron chi connectivity index (χ1n) is 10.9. The summed E-state index contributed by atoms with van der Waals surface area (Å²) in [5.41, 5.74) is 11.6. The Morgan fingerprint density at radius 2 is 1.00 bits per heavy atom. The molecule has 0 saturated carbocycles. The highest BCUT2D eigenvalue weighted by molar-refractivity contribution is 5.94. The quantitative estimate of drug-likeness (QED) is 0.285. The molecule has 150 valence electrons. The Morgan fingerprint density at radius 1 is 0.419 bits per heavy atom. The third-order valence-electron chi connectivity index (χ3n) is 6.22. The summed E-state index contributed by atoms with van der Waals surface area (Å²) in [5, 5.41) is 2.58. The van der Waals surface area contributed by atoms with Crippen molar-refractivity contribution in [2.75, 3.05) is 0 Å². The molecule has 31 heavy (non-hydrogen) atoms. The Bertz CT molecular complexity index is 1370. The molecule has 0 aliphatic rings. The minimum Gasteiger partial charge on any atom is -0.0616 e. The molecule has 5 aromatic rings. The fraction of sp³-hybridized carbons (Fsp3) is 0.0968. The molecule has 5 rings (SSSR count). The van der Waals surface area contributed by atoms with Gasteiger partial charge in [0.25, 0.3) is 0 Å². The van der Waals surface area contributed by atoms with E-state index in [1.54, 1.807) is 0 Å². The minimum atomic E-state index is 1.25. The Labute approximate surface area is 184 Å². The molecule has 0 fully saturated rings. The standard InChI is InChI=1S/C31H26/c1-21-11-13-24(14-12-21)25-15-17-26(18-16-25)29-10-6-7-22(2)31(29)30-20-28-9-5-4-8-27(28)19-23(30)3/h4-20H,1-3H3. The molecule has 0 N–H and O–H groups in total. The first-order valence-corrected chi connectivity index (χ1v) is 10.9. The Hall–Kier alpha value is -3.64. The van der Waals surface area contributed by atoms with Crippen molar-refractivity contribution in [3.63, 3.8) is 0 Å². The van der Waals surface area contributed by atoms with Crippen LogP contribution in [0.4, 0.5) is 0 Å². The van der Waals surface area contributed by atoms with Gasteiger partial charge in [-0.25, -0.2) is 0 Å². The summed E-state index contributed by atoms with van der Waals surface area (Å²) in [6, 6.07) is 37.6. The molecule has 5 aromatic carbocycles. The van der Waals surface area contributed by atoms with Gasteiger partial charge < -0.3 is 0 Å². The van der Waals surface area contributed by atoms with Crippen molar-refractivity contribution in [3.8, 4) is 33.4 Å². The molecule has 0 bridgehead atoms. The monoisotopic (exact) mass is 398 g/mol. The summed E-state index contributed by atoms with van der Waals surface area (Å²) in [7, 11) is 0. The molecule has 0 spiro atoms. The van der Waals surface area contributed by atoms with Gasteiger partial charge in [-0.15, -0.1) is 0 Å². The Kier molecular flexibility index (Phi) is 4.92. The van der Waals surface area contributed by atoms with Crippen LogP contribution >= 0.6 is 0 Å². The van der Waals surface area contributed by atoms with Gasteiger partial charge in [0.1, 0.15) is 0 Å². The van der Waals surface area contributed by atoms with Crippen LogP contribution in [-0.4, -0.2) is 0 Å². The van der Waals surface area contributed by atoms with Crippen molar-refractivity contribution in [1.29, 1.82) is 0 Å². The highest BCUT2D eigenvalue weighted by Gasteiger charge is 2.13. The van der Waals surface area contributed by atoms with Crippen LogP contribution in [-0.2, 0) is 0 Å². The summed E-state index contributed by atoms with van der Waals surface area (Å²) in [4.78, 5) is 0. The lowest BCUT2D eigenvalue weighted by atomic mass is 9.87. The lowest BCUT2D eigenvalue weighted by Gasteiger charge is -2.17. The molecule has 0 heteroatoms. The van der Waals surface area contributed by atoms with Gasteiger partial charge in [-0.3, -0.25) is 0 Å². The molecular formula is C31H26. The lowest BCUT2D eigenvalue weighted by Crippen LogP contribution is -1.92. The predicted molar refractivity (Wildman–Crippen MR) is 134 cm³/mol. The first-order chi connectivity index (χ1) is 15.1. The third kappa shape index (κ3) is 3.66. The van der Waals surface area contributed by atoms with E-state index in [4.69, 9.17) is 0 Å². The molecule has 0 nitrogen and oxygen atoms in total. The number of rotatable bonds is 3. The zero-order valence-corrected chi connectivity index (χ0v) is 18.3. The number of aryl methyl sites for hydroxylation is 3. The number of hydrogen-bond donors (Lipinski definition) is 0. The zero-order chi connectivity index (χ0) is 21.4. The maximum Gasteiger partial charge on any atom is -0.00732 e. The van der Waals surface area contributed by atoms with E-state index in [1.165, 1.54) is 60.8 Å². The molecule has 0 aromatic heterocycles. The second-order valence-corrected chi connectivity index (χ2v) is 8.46. The lowest BCUT2D eigenvalue weighted by molar-refractivity contribution is 1.42. The summed E-state index contributed by atoms with van der Waals surface area (Å²) in [6.07, 6.45) is 0. The van der Waals surface area contributed by atoms with Gasteiger partial charge >= 0.3 is 0 Å². The fourth-order valence-corrected chi connectivity index (χ4v) is 4.48. The topological polar surface area (TPSA) is 0 Å². The normalized spacial score (nSPS) is 11.1. The van der Waals surface area contributed by atoms with Gasteiger partial charge in [-0.2, -0.15) is 0 Å². The van der Waals surface area contributed by atoms with Crippen molar-refractivity contribution in [3.05, 3.63) is 120 Å². The van der Waals surface area contributed by atoms with Crippen molar-refractivity contribution in [2.45, 2.75) is 20.8 Å². The molecule has 0 radical (unpaired) electrons. The summed E-state index contributed by atoms with van der Waals surface area (Å²) < 4.78 is 0. The number of benzene rings is 5. The molecule has 0 aliphatic heterocycles. The van der Waals surface area contributed by atoms with Gasteiger partial charge in [-0.05, 0) is 82.1 Å². The van der Waals surface area contributed by atoms with Crippen LogP contribution in [0.15, 0.2) is 103 Å². The fourth-order valence-electron chi connectivity index (χ4n) is 4.48. The maximum atomic E-state index is 2.34. The van der Waals surface area contributed by atoms with Gasteiger partial charge in [0, 0.05) is 0 Å². The van der Waals surface area contributed by atoms with E-state index in [1.807, 2.05) is 0 Å². The SMILES string of the molecule is Cc1ccc(-c2ccc(-c3cccc(C)c3-c3cc4ccccc4cc3C)cc2)cc1. The summed E-state index contributed by atoms with van der Waals surface area (Å²) in [5.74, 6) is 0. The second kappa shape index (κ2) is 7.89. The van der Waals surface area contributed by atoms with E-state index in [2.05, 4.69) is 124 Å². The van der Waals surface area contributed by atoms with Crippen LogP contribution in [0.25, 0.3) is 44.2 Å². The average Bonchev–Trinajstić information content (AvgIpc) is 2.79. The van der Waals surface area contributed by atoms with Crippen molar-refractivity contribution >= 4 is 10.8 Å². The van der Waals surface area contributed by atoms with E-state index in [-0.39, 0.29) is 0 Å². The largest absolute Gasteiger partial charge is 0.0616 e. The highest BCUT2D eigenvalue weighted by Crippen LogP contribution is 2.38. The van der Waals surface area contributed by atoms with Crippen molar-refractivity contribution < 1.29 is 0 Å². The molecular weight excluding hydrogens is 372 g/mol. The van der Waals surface area contributed by atoms with E-state index in [0.717, 1.165) is 0 Å². The van der Waals surface area contributed by atoms with Gasteiger partial charge in [-0.1, -0.05) is 103 Å². The van der Waals surface area contributed by atoms with Crippen molar-refractivity contribution in [1.82, 2.24) is 0 Å². The summed E-state index contributed by atoms with van der Waals surface area (Å²) >= 11 is 0. The minimum absolute atomic E-state index is 1.25. The van der Waals surface area contributed by atoms with E-state index in [0.29, 0.717) is 0 Å². The van der Waals surface area contributed by atoms with E-state index < -0.39 is 0 Å². The van der Waals surface area contributed by atoms with Gasteiger partial charge in [0.2, 0.25) is 0 Å². The third-order valence-corrected chi connectivity index (χ3v) is 6.22. The first kappa shape index (κ1) is 19.3. The second-order valence-electron chi connectivity index (χ2n) is 8.46. The Balaban J connectivity index is 1.63. The molecule has 0 amide bonds. The highest BCUT2D eigenvalue weighted by atomic mass is 14.2. The summed E-state index contributed by atoms with van der Waals surface area (Å²) in [6.45, 7) is 6.56. The molecule has 0 heterocycles. The van der Waals surface area contributed by atoms with Crippen molar-refractivity contribution in [2.24, 2.45) is 0 Å². The van der Waals surface area contributed by atoms with Crippen LogP contribution in [0.1, 0.15) is 16.7 Å². The smallest absolute Gasteiger partial charge is 0.00732 e. The maximum absolute atomic E-state index is 2.34. The molecule has 0 saturated heterocycles. The van der Waals surface area contributed by atoms with Gasteiger partial charge in [0.15, 0.2) is 0 Å². The predicted octanol–water partition coefficient (Wildman–Crippen LogP) is 8.77. The molecule has 0 unspecified atom stereocenters. The van der Waals surface area contributed by atoms with E-state index in [9.17, 15) is 0 Å². The zero-order valence-electron chi connectivity index (χ0n) is 18.3.